The van der Waals surface area contributed by atoms with Gasteiger partial charge in [-0.05, 0) is 50.7 Å². The van der Waals surface area contributed by atoms with E-state index in [1.165, 1.54) is 4.57 Å². The summed E-state index contributed by atoms with van der Waals surface area (Å²) in [6, 6.07) is 8.79. The first kappa shape index (κ1) is 27.8. The lowest BCUT2D eigenvalue weighted by Gasteiger charge is -2.33. The van der Waals surface area contributed by atoms with Crippen molar-refractivity contribution in [3.8, 4) is 11.7 Å². The van der Waals surface area contributed by atoms with E-state index in [1.54, 1.807) is 37.4 Å². The van der Waals surface area contributed by atoms with Crippen LogP contribution in [-0.4, -0.2) is 89.0 Å². The van der Waals surface area contributed by atoms with Crippen LogP contribution in [0.15, 0.2) is 30.3 Å². The van der Waals surface area contributed by atoms with Crippen molar-refractivity contribution >= 4 is 22.9 Å². The fourth-order valence-electron chi connectivity index (χ4n) is 6.24. The van der Waals surface area contributed by atoms with E-state index in [1.807, 2.05) is 9.80 Å². The maximum atomic E-state index is 14.1. The number of benzene rings is 1. The number of carbonyl (C=O) groups excluding carboxylic acids is 1. The summed E-state index contributed by atoms with van der Waals surface area (Å²) in [4.78, 5) is 30.8. The van der Waals surface area contributed by atoms with E-state index in [9.17, 15) is 13.6 Å². The second kappa shape index (κ2) is 12.2. The number of para-hydroxylation sites is 2. The molecule has 41 heavy (non-hydrogen) atoms. The molecule has 10 nitrogen and oxygen atoms in total. The summed E-state index contributed by atoms with van der Waals surface area (Å²) < 4.78 is 46.9. The van der Waals surface area contributed by atoms with Gasteiger partial charge in [0.15, 0.2) is 5.82 Å². The molecule has 1 saturated carbocycles. The first-order chi connectivity index (χ1) is 20.0. The molecule has 1 aliphatic carbocycles. The van der Waals surface area contributed by atoms with E-state index in [0.717, 1.165) is 32.2 Å². The van der Waals surface area contributed by atoms with Crippen LogP contribution in [0.2, 0.25) is 0 Å². The highest BCUT2D eigenvalue weighted by Gasteiger charge is 2.35. The highest BCUT2D eigenvalue weighted by molar-refractivity contribution is 5.79. The number of likely N-dealkylation sites (tertiary alicyclic amines) is 1. The van der Waals surface area contributed by atoms with Crippen molar-refractivity contribution in [1.82, 2.24) is 24.4 Å². The molecule has 4 heterocycles. The second-order valence-corrected chi connectivity index (χ2v) is 10.9. The van der Waals surface area contributed by atoms with Gasteiger partial charge in [0.1, 0.15) is 11.9 Å². The van der Waals surface area contributed by atoms with Crippen LogP contribution in [0.4, 0.5) is 14.7 Å². The zero-order chi connectivity index (χ0) is 28.3. The van der Waals surface area contributed by atoms with Gasteiger partial charge in [0.25, 0.3) is 6.43 Å². The van der Waals surface area contributed by atoms with Crippen molar-refractivity contribution < 1.29 is 27.8 Å². The van der Waals surface area contributed by atoms with Gasteiger partial charge >= 0.3 is 0 Å². The van der Waals surface area contributed by atoms with Crippen LogP contribution < -0.4 is 9.64 Å². The zero-order valence-corrected chi connectivity index (χ0v) is 23.3. The lowest BCUT2D eigenvalue weighted by molar-refractivity contribution is -0.138. The molecule has 0 bridgehead atoms. The molecule has 0 N–H and O–H groups in total. The van der Waals surface area contributed by atoms with Crippen molar-refractivity contribution in [2.24, 2.45) is 5.92 Å². The average Bonchev–Trinajstić information content (AvgIpc) is 3.63. The third-order valence-corrected chi connectivity index (χ3v) is 8.31. The topological polar surface area (TPSA) is 94.8 Å². The third kappa shape index (κ3) is 5.85. The molecule has 3 aromatic rings. The number of halogens is 2. The normalized spacial score (nSPS) is 23.5. The molecular weight excluding hydrogens is 534 g/mol. The number of methoxy groups -OCH3 is 1. The molecule has 2 aromatic heterocycles. The predicted molar refractivity (Wildman–Crippen MR) is 148 cm³/mol. The van der Waals surface area contributed by atoms with Gasteiger partial charge in [-0.2, -0.15) is 9.97 Å². The molecule has 6 rings (SSSR count). The van der Waals surface area contributed by atoms with Crippen molar-refractivity contribution in [1.29, 1.82) is 0 Å². The average molecular weight is 571 g/mol. The van der Waals surface area contributed by atoms with Crippen LogP contribution in [0, 0.1) is 5.92 Å². The van der Waals surface area contributed by atoms with Crippen molar-refractivity contribution in [2.45, 2.75) is 57.1 Å². The molecule has 220 valence electrons. The van der Waals surface area contributed by atoms with Crippen molar-refractivity contribution in [3.63, 3.8) is 0 Å². The van der Waals surface area contributed by atoms with Crippen molar-refractivity contribution in [3.05, 3.63) is 36.2 Å². The Balaban J connectivity index is 1.24. The molecule has 3 aliphatic rings. The molecule has 0 radical (unpaired) electrons. The molecule has 1 aromatic carbocycles. The summed E-state index contributed by atoms with van der Waals surface area (Å²) in [5, 5.41) is 0. The number of anilines is 1. The van der Waals surface area contributed by atoms with Crippen LogP contribution in [0.25, 0.3) is 16.9 Å². The summed E-state index contributed by atoms with van der Waals surface area (Å²) in [5.41, 5.74) is 0.999. The first-order valence-electron chi connectivity index (χ1n) is 14.5. The minimum Gasteiger partial charge on any atom is -0.474 e. The standard InChI is InChI=1S/C29H36F2N6O4/c1-39-18-20-5-4-12-36(20)28(38)19-8-10-21(11-9-19)41-25-17-24(33-29(34-25)35-13-15-40-16-14-35)37-23-7-3-2-6-22(23)32-27(37)26(30)31/h2-3,6-7,17,19-21,26H,4-5,8-16,18H2,1H3/t19-,20-,21-/m0/s1. The minimum absolute atomic E-state index is 0.0249. The number of amides is 1. The number of morpholine rings is 1. The lowest BCUT2D eigenvalue weighted by atomic mass is 9.86. The van der Waals surface area contributed by atoms with Gasteiger partial charge in [-0.3, -0.25) is 9.36 Å². The number of nitrogens with zero attached hydrogens (tertiary/aromatic N) is 6. The Bertz CT molecular complexity index is 1360. The molecule has 0 unspecified atom stereocenters. The number of aromatic nitrogens is 4. The van der Waals surface area contributed by atoms with Gasteiger partial charge in [0, 0.05) is 38.7 Å². The molecule has 0 spiro atoms. The number of ether oxygens (including phenoxy) is 3. The number of hydrogen-bond acceptors (Lipinski definition) is 8. The summed E-state index contributed by atoms with van der Waals surface area (Å²) >= 11 is 0. The Hall–Kier alpha value is -3.38. The SMILES string of the molecule is COC[C@@H]1CCCN1C(=O)[C@H]1CC[C@H](Oc2cc(-n3c(C(F)F)nc4ccccc43)nc(N3CCOCC3)n2)CC1. The molecular formula is C29H36F2N6O4. The van der Waals surface area contributed by atoms with Gasteiger partial charge in [-0.25, -0.2) is 13.8 Å². The molecule has 2 saturated heterocycles. The fourth-order valence-corrected chi connectivity index (χ4v) is 6.24. The number of hydrogen-bond donors (Lipinski definition) is 0. The van der Waals surface area contributed by atoms with E-state index in [0.29, 0.717) is 68.6 Å². The monoisotopic (exact) mass is 570 g/mol. The summed E-state index contributed by atoms with van der Waals surface area (Å²) in [5.74, 6) is 0.820. The van der Waals surface area contributed by atoms with Gasteiger partial charge in [-0.1, -0.05) is 12.1 Å². The summed E-state index contributed by atoms with van der Waals surface area (Å²) in [6.45, 7) is 3.60. The molecule has 1 atom stereocenters. The number of imidazole rings is 1. The second-order valence-electron chi connectivity index (χ2n) is 10.9. The Morgan fingerprint density at radius 3 is 2.59 bits per heavy atom. The quantitative estimate of drug-likeness (QED) is 0.399. The molecule has 1 amide bonds. The van der Waals surface area contributed by atoms with E-state index in [2.05, 4.69) is 9.97 Å². The molecule has 3 fully saturated rings. The highest BCUT2D eigenvalue weighted by atomic mass is 19.3. The van der Waals surface area contributed by atoms with Gasteiger partial charge in [0.2, 0.25) is 17.7 Å². The van der Waals surface area contributed by atoms with Crippen LogP contribution in [0.3, 0.4) is 0 Å². The third-order valence-electron chi connectivity index (χ3n) is 8.31. The van der Waals surface area contributed by atoms with E-state index in [4.69, 9.17) is 19.2 Å². The van der Waals surface area contributed by atoms with Crippen LogP contribution in [-0.2, 0) is 14.3 Å². The highest BCUT2D eigenvalue weighted by Crippen LogP contribution is 2.33. The minimum atomic E-state index is -2.79. The fraction of sp³-hybridized carbons (Fsp3) is 0.586. The first-order valence-corrected chi connectivity index (χ1v) is 14.5. The smallest absolute Gasteiger partial charge is 0.296 e. The Kier molecular flexibility index (Phi) is 8.29. The Morgan fingerprint density at radius 2 is 1.83 bits per heavy atom. The lowest BCUT2D eigenvalue weighted by Crippen LogP contribution is -2.43. The number of rotatable bonds is 8. The zero-order valence-electron chi connectivity index (χ0n) is 23.3. The summed E-state index contributed by atoms with van der Waals surface area (Å²) in [7, 11) is 1.68. The van der Waals surface area contributed by atoms with Gasteiger partial charge in [0.05, 0.1) is 36.9 Å². The van der Waals surface area contributed by atoms with Gasteiger partial charge < -0.3 is 24.0 Å². The van der Waals surface area contributed by atoms with Crippen LogP contribution >= 0.6 is 0 Å². The maximum Gasteiger partial charge on any atom is 0.296 e. The van der Waals surface area contributed by atoms with E-state index < -0.39 is 6.43 Å². The number of fused-ring (bicyclic) bond motifs is 1. The Labute approximate surface area is 237 Å². The number of alkyl halides is 2. The molecule has 2 aliphatic heterocycles. The maximum absolute atomic E-state index is 14.1. The summed E-state index contributed by atoms with van der Waals surface area (Å²) in [6.07, 6.45) is 1.95. The van der Waals surface area contributed by atoms with Crippen LogP contribution in [0.1, 0.15) is 50.8 Å². The Morgan fingerprint density at radius 1 is 1.05 bits per heavy atom. The largest absolute Gasteiger partial charge is 0.474 e. The van der Waals surface area contributed by atoms with Crippen LogP contribution in [0.5, 0.6) is 5.88 Å². The predicted octanol–water partition coefficient (Wildman–Crippen LogP) is 4.16. The van der Waals surface area contributed by atoms with E-state index in [-0.39, 0.29) is 35.6 Å². The molecule has 12 heteroatoms. The van der Waals surface area contributed by atoms with E-state index >= 15 is 0 Å². The number of carbonyl (C=O) groups is 1. The van der Waals surface area contributed by atoms with Gasteiger partial charge in [-0.15, -0.1) is 0 Å². The van der Waals surface area contributed by atoms with Crippen molar-refractivity contribution in [2.75, 3.05) is 51.5 Å².